The lowest BCUT2D eigenvalue weighted by atomic mass is 10.1. The van der Waals surface area contributed by atoms with Crippen molar-refractivity contribution >= 4 is 28.1 Å². The topological polar surface area (TPSA) is 46.4 Å². The molecule has 1 heterocycles. The molecule has 30 heavy (non-hydrogen) atoms. The Morgan fingerprint density at radius 1 is 0.933 bits per heavy atom. The van der Waals surface area contributed by atoms with E-state index in [9.17, 15) is 4.79 Å². The van der Waals surface area contributed by atoms with Crippen molar-refractivity contribution in [3.63, 3.8) is 0 Å². The number of rotatable bonds is 5. The van der Waals surface area contributed by atoms with Crippen LogP contribution >= 0.6 is 15.9 Å². The van der Waals surface area contributed by atoms with E-state index in [1.165, 1.54) is 0 Å². The van der Waals surface area contributed by atoms with E-state index < -0.39 is 0 Å². The fraction of sp³-hybridized carbons (Fsp3) is 0.0400. The van der Waals surface area contributed by atoms with Crippen molar-refractivity contribution in [3.05, 3.63) is 112 Å². The standard InChI is InChI=1S/C25H20BrN3O/c1-18-10-15-24(20-7-3-2-4-8-20)29(18)23-13-11-21(12-14-23)25(30)28-27-17-19-6-5-9-22(26)16-19/h2-17H,1H3,(H,28,30)/b27-17+. The zero-order valence-corrected chi connectivity index (χ0v) is 18.0. The van der Waals surface area contributed by atoms with Crippen molar-refractivity contribution < 1.29 is 4.79 Å². The van der Waals surface area contributed by atoms with Gasteiger partial charge < -0.3 is 4.57 Å². The first-order valence-corrected chi connectivity index (χ1v) is 10.3. The van der Waals surface area contributed by atoms with Crippen LogP contribution in [0, 0.1) is 6.92 Å². The minimum atomic E-state index is -0.250. The van der Waals surface area contributed by atoms with Crippen molar-refractivity contribution in [1.82, 2.24) is 9.99 Å². The van der Waals surface area contributed by atoms with Crippen molar-refractivity contribution in [3.8, 4) is 16.9 Å². The zero-order chi connectivity index (χ0) is 20.9. The van der Waals surface area contributed by atoms with Gasteiger partial charge >= 0.3 is 0 Å². The van der Waals surface area contributed by atoms with Gasteiger partial charge in [-0.2, -0.15) is 5.10 Å². The summed E-state index contributed by atoms with van der Waals surface area (Å²) in [6.07, 6.45) is 1.62. The van der Waals surface area contributed by atoms with Gasteiger partial charge in [0.15, 0.2) is 0 Å². The Labute approximate surface area is 184 Å². The Balaban J connectivity index is 1.51. The number of amides is 1. The zero-order valence-electron chi connectivity index (χ0n) is 16.4. The van der Waals surface area contributed by atoms with Crippen molar-refractivity contribution in [2.45, 2.75) is 6.92 Å². The summed E-state index contributed by atoms with van der Waals surface area (Å²) in [4.78, 5) is 12.4. The van der Waals surface area contributed by atoms with Crippen LogP contribution in [-0.2, 0) is 0 Å². The Hall–Kier alpha value is -3.44. The molecule has 4 aromatic rings. The van der Waals surface area contributed by atoms with Crippen LogP contribution in [0.4, 0.5) is 0 Å². The molecule has 0 bridgehead atoms. The number of carbonyl (C=O) groups is 1. The number of aromatic nitrogens is 1. The van der Waals surface area contributed by atoms with Crippen molar-refractivity contribution in [2.24, 2.45) is 5.10 Å². The number of hydrogen-bond donors (Lipinski definition) is 1. The first kappa shape index (κ1) is 19.9. The number of halogens is 1. The predicted octanol–water partition coefficient (Wildman–Crippen LogP) is 5.98. The molecule has 0 spiro atoms. The van der Waals surface area contributed by atoms with Crippen LogP contribution in [0.25, 0.3) is 16.9 Å². The predicted molar refractivity (Wildman–Crippen MR) is 125 cm³/mol. The SMILES string of the molecule is Cc1ccc(-c2ccccc2)n1-c1ccc(C(=O)N/N=C/c2cccc(Br)c2)cc1. The molecule has 4 rings (SSSR count). The van der Waals surface area contributed by atoms with E-state index in [4.69, 9.17) is 0 Å². The second kappa shape index (κ2) is 8.93. The molecule has 1 N–H and O–H groups in total. The summed E-state index contributed by atoms with van der Waals surface area (Å²) >= 11 is 3.42. The summed E-state index contributed by atoms with van der Waals surface area (Å²) in [5.41, 5.74) is 8.43. The number of nitrogens with zero attached hydrogens (tertiary/aromatic N) is 2. The van der Waals surface area contributed by atoms with Gasteiger partial charge in [-0.15, -0.1) is 0 Å². The third kappa shape index (κ3) is 4.42. The quantitative estimate of drug-likeness (QED) is 0.290. The highest BCUT2D eigenvalue weighted by atomic mass is 79.9. The van der Waals surface area contributed by atoms with Crippen LogP contribution in [0.5, 0.6) is 0 Å². The summed E-state index contributed by atoms with van der Waals surface area (Å²) in [7, 11) is 0. The third-order valence-corrected chi connectivity index (χ3v) is 5.25. The maximum atomic E-state index is 12.4. The molecule has 5 heteroatoms. The van der Waals surface area contributed by atoms with E-state index >= 15 is 0 Å². The molecule has 148 valence electrons. The van der Waals surface area contributed by atoms with Gasteiger partial charge in [0.1, 0.15) is 0 Å². The average molecular weight is 458 g/mol. The second-order valence-electron chi connectivity index (χ2n) is 6.86. The fourth-order valence-corrected chi connectivity index (χ4v) is 3.71. The molecule has 3 aromatic carbocycles. The van der Waals surface area contributed by atoms with E-state index in [2.05, 4.69) is 62.2 Å². The summed E-state index contributed by atoms with van der Waals surface area (Å²) < 4.78 is 3.14. The van der Waals surface area contributed by atoms with Gasteiger partial charge in [-0.05, 0) is 66.6 Å². The van der Waals surface area contributed by atoms with Gasteiger partial charge in [0.2, 0.25) is 0 Å². The third-order valence-electron chi connectivity index (χ3n) is 4.76. The molecule has 0 saturated carbocycles. The molecule has 0 saturated heterocycles. The molecule has 0 unspecified atom stereocenters. The first-order valence-electron chi connectivity index (χ1n) is 9.55. The summed E-state index contributed by atoms with van der Waals surface area (Å²) in [6, 6.07) is 29.7. The first-order chi connectivity index (χ1) is 14.6. The molecule has 0 aliphatic heterocycles. The molecule has 1 amide bonds. The van der Waals surface area contributed by atoms with Crippen LogP contribution in [0.15, 0.2) is 101 Å². The Bertz CT molecular complexity index is 1190. The highest BCUT2D eigenvalue weighted by Gasteiger charge is 2.10. The normalized spacial score (nSPS) is 11.0. The van der Waals surface area contributed by atoms with Crippen LogP contribution < -0.4 is 5.43 Å². The van der Waals surface area contributed by atoms with E-state index in [1.807, 2.05) is 66.7 Å². The molecule has 4 nitrogen and oxygen atoms in total. The van der Waals surface area contributed by atoms with Crippen LogP contribution in [0.2, 0.25) is 0 Å². The fourth-order valence-electron chi connectivity index (χ4n) is 3.29. The van der Waals surface area contributed by atoms with Crippen molar-refractivity contribution in [1.29, 1.82) is 0 Å². The van der Waals surface area contributed by atoms with Gasteiger partial charge in [0.25, 0.3) is 5.91 Å². The van der Waals surface area contributed by atoms with E-state index in [1.54, 1.807) is 6.21 Å². The number of hydrogen-bond acceptors (Lipinski definition) is 2. The second-order valence-corrected chi connectivity index (χ2v) is 7.78. The van der Waals surface area contributed by atoms with Gasteiger partial charge in [-0.1, -0.05) is 58.4 Å². The van der Waals surface area contributed by atoms with E-state index in [-0.39, 0.29) is 5.91 Å². The lowest BCUT2D eigenvalue weighted by Gasteiger charge is -2.12. The monoisotopic (exact) mass is 457 g/mol. The minimum Gasteiger partial charge on any atom is -0.314 e. The molecule has 0 fully saturated rings. The lowest BCUT2D eigenvalue weighted by molar-refractivity contribution is 0.0955. The van der Waals surface area contributed by atoms with Crippen molar-refractivity contribution in [2.75, 3.05) is 0 Å². The molecule has 0 aliphatic rings. The van der Waals surface area contributed by atoms with E-state index in [0.717, 1.165) is 32.7 Å². The Kier molecular flexibility index (Phi) is 5.91. The largest absolute Gasteiger partial charge is 0.314 e. The molecule has 0 radical (unpaired) electrons. The summed E-state index contributed by atoms with van der Waals surface area (Å²) in [5.74, 6) is -0.250. The van der Waals surface area contributed by atoms with Gasteiger partial charge in [0.05, 0.1) is 11.9 Å². The summed E-state index contributed by atoms with van der Waals surface area (Å²) in [5, 5.41) is 4.05. The minimum absolute atomic E-state index is 0.250. The maximum Gasteiger partial charge on any atom is 0.271 e. The smallest absolute Gasteiger partial charge is 0.271 e. The molecule has 1 aromatic heterocycles. The highest BCUT2D eigenvalue weighted by Crippen LogP contribution is 2.26. The molecular weight excluding hydrogens is 438 g/mol. The van der Waals surface area contributed by atoms with E-state index in [0.29, 0.717) is 5.56 Å². The molecule has 0 atom stereocenters. The number of hydrazone groups is 1. The van der Waals surface area contributed by atoms with Crippen LogP contribution in [-0.4, -0.2) is 16.7 Å². The van der Waals surface area contributed by atoms with Gasteiger partial charge in [0, 0.05) is 21.4 Å². The molecule has 0 aliphatic carbocycles. The number of carbonyl (C=O) groups excluding carboxylic acids is 1. The lowest BCUT2D eigenvalue weighted by Crippen LogP contribution is -2.17. The van der Waals surface area contributed by atoms with Gasteiger partial charge in [-0.25, -0.2) is 5.43 Å². The van der Waals surface area contributed by atoms with Crippen LogP contribution in [0.3, 0.4) is 0 Å². The highest BCUT2D eigenvalue weighted by molar-refractivity contribution is 9.10. The molecular formula is C25H20BrN3O. The average Bonchev–Trinajstić information content (AvgIpc) is 3.16. The number of nitrogens with one attached hydrogen (secondary N) is 1. The summed E-state index contributed by atoms with van der Waals surface area (Å²) in [6.45, 7) is 2.07. The maximum absolute atomic E-state index is 12.4. The Morgan fingerprint density at radius 3 is 2.43 bits per heavy atom. The van der Waals surface area contributed by atoms with Crippen LogP contribution in [0.1, 0.15) is 21.6 Å². The Morgan fingerprint density at radius 2 is 1.70 bits per heavy atom. The van der Waals surface area contributed by atoms with Gasteiger partial charge in [-0.3, -0.25) is 4.79 Å². The number of benzene rings is 3. The number of aryl methyl sites for hydroxylation is 1.